The maximum absolute atomic E-state index is 4.02. The predicted octanol–water partition coefficient (Wildman–Crippen LogP) is 4.62. The molecule has 1 unspecified atom stereocenters. The fourth-order valence-corrected chi connectivity index (χ4v) is 2.29. The van der Waals surface area contributed by atoms with Crippen LogP contribution in [0.1, 0.15) is 18.5 Å². The molecule has 1 atom stereocenters. The number of benzene rings is 1. The van der Waals surface area contributed by atoms with Crippen LogP contribution in [0.4, 0.5) is 5.69 Å². The minimum atomic E-state index is 0.268. The van der Waals surface area contributed by atoms with E-state index in [1.54, 1.807) is 0 Å². The van der Waals surface area contributed by atoms with E-state index >= 15 is 0 Å². The zero-order valence-corrected chi connectivity index (χ0v) is 13.1. The second-order valence-corrected chi connectivity index (χ2v) is 5.79. The molecule has 4 heteroatoms. The molecule has 2 rings (SSSR count). The maximum atomic E-state index is 4.02. The van der Waals surface area contributed by atoms with Crippen molar-refractivity contribution in [1.29, 1.82) is 0 Å². The molecule has 2 aromatic rings. The van der Waals surface area contributed by atoms with E-state index in [-0.39, 0.29) is 6.04 Å². The van der Waals surface area contributed by atoms with E-state index in [2.05, 4.69) is 73.9 Å². The van der Waals surface area contributed by atoms with E-state index in [0.29, 0.717) is 0 Å². The highest BCUT2D eigenvalue weighted by atomic mass is 127. The molecule has 17 heavy (non-hydrogen) atoms. The summed E-state index contributed by atoms with van der Waals surface area (Å²) in [6, 6.07) is 10.6. The summed E-state index contributed by atoms with van der Waals surface area (Å²) >= 11 is 5.84. The molecule has 0 aliphatic heterocycles. The number of nitrogens with one attached hydrogen (secondary N) is 1. The van der Waals surface area contributed by atoms with Crippen LogP contribution in [0.3, 0.4) is 0 Å². The molecule has 0 saturated carbocycles. The van der Waals surface area contributed by atoms with E-state index in [9.17, 15) is 0 Å². The quantitative estimate of drug-likeness (QED) is 0.757. The molecule has 0 spiro atoms. The highest BCUT2D eigenvalue weighted by Crippen LogP contribution is 2.25. The number of anilines is 1. The van der Waals surface area contributed by atoms with Gasteiger partial charge in [-0.2, -0.15) is 0 Å². The average Bonchev–Trinajstić information content (AvgIpc) is 2.35. The fraction of sp³-hybridized carbons (Fsp3) is 0.154. The molecule has 1 heterocycles. The number of rotatable bonds is 3. The lowest BCUT2D eigenvalue weighted by atomic mass is 10.1. The predicted molar refractivity (Wildman–Crippen MR) is 83.1 cm³/mol. The molecule has 0 saturated heterocycles. The van der Waals surface area contributed by atoms with Crippen molar-refractivity contribution in [3.8, 4) is 0 Å². The second kappa shape index (κ2) is 5.82. The lowest BCUT2D eigenvalue weighted by Gasteiger charge is -2.15. The van der Waals surface area contributed by atoms with Crippen LogP contribution < -0.4 is 5.32 Å². The van der Waals surface area contributed by atoms with Crippen LogP contribution in [0.15, 0.2) is 47.2 Å². The average molecular weight is 403 g/mol. The minimum Gasteiger partial charge on any atom is -0.378 e. The summed E-state index contributed by atoms with van der Waals surface area (Å²) in [5.41, 5.74) is 2.34. The van der Waals surface area contributed by atoms with Crippen LogP contribution in [0, 0.1) is 3.57 Å². The number of aromatic nitrogens is 1. The third kappa shape index (κ3) is 3.42. The Hall–Kier alpha value is -0.620. The molecular formula is C13H12BrIN2. The van der Waals surface area contributed by atoms with Gasteiger partial charge in [-0.1, -0.05) is 0 Å². The van der Waals surface area contributed by atoms with Crippen molar-refractivity contribution >= 4 is 44.2 Å². The van der Waals surface area contributed by atoms with Crippen molar-refractivity contribution in [2.45, 2.75) is 13.0 Å². The highest BCUT2D eigenvalue weighted by molar-refractivity contribution is 14.1. The van der Waals surface area contributed by atoms with Gasteiger partial charge >= 0.3 is 0 Å². The molecule has 0 radical (unpaired) electrons. The molecule has 88 valence electrons. The van der Waals surface area contributed by atoms with Crippen molar-refractivity contribution < 1.29 is 0 Å². The second-order valence-electron chi connectivity index (χ2n) is 3.78. The Kier molecular flexibility index (Phi) is 4.39. The molecule has 0 bridgehead atoms. The first kappa shape index (κ1) is 12.8. The summed E-state index contributed by atoms with van der Waals surface area (Å²) in [7, 11) is 0. The van der Waals surface area contributed by atoms with Gasteiger partial charge in [0.1, 0.15) is 0 Å². The maximum Gasteiger partial charge on any atom is 0.0486 e. The molecule has 1 N–H and O–H groups in total. The van der Waals surface area contributed by atoms with Gasteiger partial charge in [0.25, 0.3) is 0 Å². The molecular weight excluding hydrogens is 391 g/mol. The summed E-state index contributed by atoms with van der Waals surface area (Å²) in [4.78, 5) is 4.02. The Balaban J connectivity index is 2.13. The molecule has 0 aliphatic carbocycles. The third-order valence-corrected chi connectivity index (χ3v) is 4.85. The summed E-state index contributed by atoms with van der Waals surface area (Å²) in [5, 5.41) is 3.47. The van der Waals surface area contributed by atoms with Crippen LogP contribution in [-0.4, -0.2) is 4.98 Å². The van der Waals surface area contributed by atoms with Gasteiger partial charge in [-0.05, 0) is 81.3 Å². The summed E-state index contributed by atoms with van der Waals surface area (Å²) < 4.78 is 2.33. The van der Waals surface area contributed by atoms with Gasteiger partial charge in [0.15, 0.2) is 0 Å². The fourth-order valence-electron chi connectivity index (χ4n) is 1.57. The van der Waals surface area contributed by atoms with Gasteiger partial charge in [-0.25, -0.2) is 0 Å². The Morgan fingerprint density at radius 2 is 1.94 bits per heavy atom. The molecule has 1 aromatic carbocycles. The Morgan fingerprint density at radius 3 is 2.59 bits per heavy atom. The third-order valence-electron chi connectivity index (χ3n) is 2.51. The molecule has 0 amide bonds. The van der Waals surface area contributed by atoms with Gasteiger partial charge in [-0.3, -0.25) is 4.98 Å². The number of halogens is 2. The van der Waals surface area contributed by atoms with Crippen LogP contribution >= 0.6 is 38.5 Å². The minimum absolute atomic E-state index is 0.268. The van der Waals surface area contributed by atoms with E-state index < -0.39 is 0 Å². The topological polar surface area (TPSA) is 24.9 Å². The van der Waals surface area contributed by atoms with Gasteiger partial charge < -0.3 is 5.32 Å². The normalized spacial score (nSPS) is 12.2. The summed E-state index contributed by atoms with van der Waals surface area (Å²) in [6.45, 7) is 2.14. The van der Waals surface area contributed by atoms with E-state index in [0.717, 1.165) is 10.2 Å². The SMILES string of the molecule is CC(Nc1ccc(I)c(Br)c1)c1ccncc1. The van der Waals surface area contributed by atoms with Gasteiger partial charge in [-0.15, -0.1) is 0 Å². The van der Waals surface area contributed by atoms with E-state index in [4.69, 9.17) is 0 Å². The smallest absolute Gasteiger partial charge is 0.0486 e. The van der Waals surface area contributed by atoms with E-state index in [1.165, 1.54) is 9.13 Å². The summed E-state index contributed by atoms with van der Waals surface area (Å²) in [5.74, 6) is 0. The number of hydrogen-bond donors (Lipinski definition) is 1. The van der Waals surface area contributed by atoms with Crippen LogP contribution in [0.25, 0.3) is 0 Å². The van der Waals surface area contributed by atoms with Crippen molar-refractivity contribution in [1.82, 2.24) is 4.98 Å². The zero-order chi connectivity index (χ0) is 12.3. The highest BCUT2D eigenvalue weighted by Gasteiger charge is 2.05. The lowest BCUT2D eigenvalue weighted by Crippen LogP contribution is -2.06. The zero-order valence-electron chi connectivity index (χ0n) is 9.32. The van der Waals surface area contributed by atoms with Crippen LogP contribution in [0.2, 0.25) is 0 Å². The lowest BCUT2D eigenvalue weighted by molar-refractivity contribution is 0.880. The summed E-state index contributed by atoms with van der Waals surface area (Å²) in [6.07, 6.45) is 3.63. The van der Waals surface area contributed by atoms with Crippen LogP contribution in [-0.2, 0) is 0 Å². The van der Waals surface area contributed by atoms with Gasteiger partial charge in [0.2, 0.25) is 0 Å². The first-order chi connectivity index (χ1) is 8.16. The molecule has 2 nitrogen and oxygen atoms in total. The Bertz CT molecular complexity index is 502. The van der Waals surface area contributed by atoms with Crippen molar-refractivity contribution in [3.05, 3.63) is 56.3 Å². The van der Waals surface area contributed by atoms with Gasteiger partial charge in [0, 0.05) is 32.2 Å². The first-order valence-corrected chi connectivity index (χ1v) is 7.15. The standard InChI is InChI=1S/C13H12BrIN2/c1-9(10-4-6-16-7-5-10)17-11-2-3-13(15)12(14)8-11/h2-9,17H,1H3. The Labute approximate surface area is 123 Å². The molecule has 0 aliphatic rings. The van der Waals surface area contributed by atoms with Crippen molar-refractivity contribution in [2.75, 3.05) is 5.32 Å². The first-order valence-electron chi connectivity index (χ1n) is 5.28. The van der Waals surface area contributed by atoms with Gasteiger partial charge in [0.05, 0.1) is 0 Å². The largest absolute Gasteiger partial charge is 0.378 e. The van der Waals surface area contributed by atoms with Crippen molar-refractivity contribution in [2.24, 2.45) is 0 Å². The number of hydrogen-bond acceptors (Lipinski definition) is 2. The van der Waals surface area contributed by atoms with Crippen LogP contribution in [0.5, 0.6) is 0 Å². The van der Waals surface area contributed by atoms with E-state index in [1.807, 2.05) is 24.5 Å². The Morgan fingerprint density at radius 1 is 1.24 bits per heavy atom. The van der Waals surface area contributed by atoms with Crippen molar-refractivity contribution in [3.63, 3.8) is 0 Å². The number of nitrogens with zero attached hydrogens (tertiary/aromatic N) is 1. The molecule has 1 aromatic heterocycles. The monoisotopic (exact) mass is 402 g/mol. The number of pyridine rings is 1. The molecule has 0 fully saturated rings.